The number of aryl methyl sites for hydroxylation is 1. The summed E-state index contributed by atoms with van der Waals surface area (Å²) in [7, 11) is 0. The highest BCUT2D eigenvalue weighted by molar-refractivity contribution is 6.11. The van der Waals surface area contributed by atoms with Crippen molar-refractivity contribution in [3.8, 4) is 0 Å². The minimum Gasteiger partial charge on any atom is -0.375 e. The molecule has 2 aromatic carbocycles. The van der Waals surface area contributed by atoms with Gasteiger partial charge in [0.05, 0.1) is 12.1 Å². The monoisotopic (exact) mass is 363 g/mol. The molecule has 0 saturated heterocycles. The van der Waals surface area contributed by atoms with E-state index in [0.717, 1.165) is 11.1 Å². The summed E-state index contributed by atoms with van der Waals surface area (Å²) < 4.78 is 0. The molecular formula is C23H25NO3. The Labute approximate surface area is 160 Å². The predicted octanol–water partition coefficient (Wildman–Crippen LogP) is 4.11. The topological polar surface area (TPSA) is 57.6 Å². The summed E-state index contributed by atoms with van der Waals surface area (Å²) in [6.07, 6.45) is 1.33. The summed E-state index contributed by atoms with van der Waals surface area (Å²) in [5.74, 6) is -0.423. The van der Waals surface area contributed by atoms with Gasteiger partial charge in [-0.1, -0.05) is 50.3 Å². The largest absolute Gasteiger partial charge is 0.375 e. The van der Waals surface area contributed by atoms with E-state index < -0.39 is 11.5 Å². The van der Waals surface area contributed by atoms with Crippen molar-refractivity contribution < 1.29 is 14.7 Å². The molecule has 0 spiro atoms. The highest BCUT2D eigenvalue weighted by Gasteiger charge is 2.50. The van der Waals surface area contributed by atoms with Crippen molar-refractivity contribution in [1.29, 1.82) is 0 Å². The number of nitrogens with zero attached hydrogens (tertiary/aromatic N) is 1. The Kier molecular flexibility index (Phi) is 5.03. The zero-order valence-electron chi connectivity index (χ0n) is 16.0. The summed E-state index contributed by atoms with van der Waals surface area (Å²) in [6, 6.07) is 12.9. The quantitative estimate of drug-likeness (QED) is 0.621. The number of carbonyl (C=O) groups is 2. The lowest BCUT2D eigenvalue weighted by molar-refractivity contribution is -0.135. The zero-order valence-corrected chi connectivity index (χ0v) is 16.0. The molecule has 3 rings (SSSR count). The zero-order chi connectivity index (χ0) is 19.8. The van der Waals surface area contributed by atoms with Crippen LogP contribution in [-0.2, 0) is 10.4 Å². The second-order valence-electron chi connectivity index (χ2n) is 7.41. The number of hydrogen-bond donors (Lipinski definition) is 1. The molecule has 1 amide bonds. The van der Waals surface area contributed by atoms with Gasteiger partial charge < -0.3 is 10.0 Å². The highest BCUT2D eigenvalue weighted by atomic mass is 16.3. The molecule has 27 heavy (non-hydrogen) atoms. The van der Waals surface area contributed by atoms with E-state index in [1.807, 2.05) is 31.2 Å². The first-order valence-corrected chi connectivity index (χ1v) is 9.18. The Morgan fingerprint density at radius 1 is 1.26 bits per heavy atom. The Bertz CT molecular complexity index is 916. The summed E-state index contributed by atoms with van der Waals surface area (Å²) in [5.41, 5.74) is 1.71. The van der Waals surface area contributed by atoms with Gasteiger partial charge >= 0.3 is 0 Å². The first-order valence-electron chi connectivity index (χ1n) is 9.18. The van der Waals surface area contributed by atoms with Gasteiger partial charge in [0.25, 0.3) is 5.91 Å². The van der Waals surface area contributed by atoms with E-state index in [0.29, 0.717) is 16.8 Å². The van der Waals surface area contributed by atoms with Crippen LogP contribution in [0.25, 0.3) is 0 Å². The Balaban J connectivity index is 2.00. The Morgan fingerprint density at radius 3 is 2.63 bits per heavy atom. The molecule has 4 heteroatoms. The van der Waals surface area contributed by atoms with Crippen LogP contribution in [0.15, 0.2) is 55.1 Å². The van der Waals surface area contributed by atoms with Crippen molar-refractivity contribution in [3.05, 3.63) is 77.4 Å². The molecule has 0 radical (unpaired) electrons. The number of amides is 1. The first kappa shape index (κ1) is 19.1. The van der Waals surface area contributed by atoms with E-state index in [4.69, 9.17) is 0 Å². The summed E-state index contributed by atoms with van der Waals surface area (Å²) in [4.78, 5) is 27.5. The van der Waals surface area contributed by atoms with Crippen LogP contribution in [0.3, 0.4) is 0 Å². The van der Waals surface area contributed by atoms with Crippen LogP contribution in [0.5, 0.6) is 0 Å². The van der Waals surface area contributed by atoms with Crippen LogP contribution in [0.4, 0.5) is 5.69 Å². The molecule has 0 aliphatic carbocycles. The lowest BCUT2D eigenvalue weighted by Gasteiger charge is -2.22. The van der Waals surface area contributed by atoms with Gasteiger partial charge in [-0.2, -0.15) is 0 Å². The van der Waals surface area contributed by atoms with Crippen molar-refractivity contribution in [1.82, 2.24) is 0 Å². The Morgan fingerprint density at radius 2 is 1.96 bits per heavy atom. The molecule has 1 heterocycles. The maximum Gasteiger partial charge on any atom is 0.264 e. The molecule has 1 N–H and O–H groups in total. The fourth-order valence-electron chi connectivity index (χ4n) is 3.61. The third kappa shape index (κ3) is 3.21. The van der Waals surface area contributed by atoms with E-state index in [1.165, 1.54) is 4.90 Å². The van der Waals surface area contributed by atoms with Crippen LogP contribution < -0.4 is 4.90 Å². The maximum atomic E-state index is 13.1. The molecule has 1 aliphatic heterocycles. The van der Waals surface area contributed by atoms with Crippen molar-refractivity contribution in [2.75, 3.05) is 11.4 Å². The highest BCUT2D eigenvalue weighted by Crippen LogP contribution is 2.42. The number of Topliss-reactive ketones (excluding diaryl/α,β-unsaturated/α-hetero) is 1. The van der Waals surface area contributed by atoms with Gasteiger partial charge in [0.1, 0.15) is 0 Å². The van der Waals surface area contributed by atoms with Gasteiger partial charge in [-0.3, -0.25) is 9.59 Å². The van der Waals surface area contributed by atoms with Crippen LogP contribution in [0.2, 0.25) is 0 Å². The molecule has 1 atom stereocenters. The average molecular weight is 363 g/mol. The standard InChI is InChI=1S/C23H25NO3/c1-5-12-24-20-9-7-6-8-19(20)23(27,22(24)26)14-21(25)18-13-17(15(2)3)11-10-16(18)4/h5-11,13,15,27H,1,12,14H2,2-4H3. The molecule has 140 valence electrons. The number of carbonyl (C=O) groups excluding carboxylic acids is 2. The number of anilines is 1. The molecule has 4 nitrogen and oxygen atoms in total. The summed E-state index contributed by atoms with van der Waals surface area (Å²) in [6.45, 7) is 9.97. The molecule has 0 fully saturated rings. The summed E-state index contributed by atoms with van der Waals surface area (Å²) >= 11 is 0. The van der Waals surface area contributed by atoms with E-state index in [2.05, 4.69) is 20.4 Å². The maximum absolute atomic E-state index is 13.1. The Hall–Kier alpha value is -2.72. The van der Waals surface area contributed by atoms with Crippen LogP contribution >= 0.6 is 0 Å². The number of hydrogen-bond acceptors (Lipinski definition) is 3. The van der Waals surface area contributed by atoms with Crippen LogP contribution in [0.1, 0.15) is 53.2 Å². The second-order valence-corrected chi connectivity index (χ2v) is 7.41. The third-order valence-corrected chi connectivity index (χ3v) is 5.20. The van der Waals surface area contributed by atoms with Crippen LogP contribution in [0, 0.1) is 6.92 Å². The van der Waals surface area contributed by atoms with Gasteiger partial charge in [-0.25, -0.2) is 0 Å². The molecule has 1 aliphatic rings. The van der Waals surface area contributed by atoms with Crippen molar-refractivity contribution in [3.63, 3.8) is 0 Å². The molecular weight excluding hydrogens is 338 g/mol. The predicted molar refractivity (Wildman–Crippen MR) is 107 cm³/mol. The summed E-state index contributed by atoms with van der Waals surface area (Å²) in [5, 5.41) is 11.3. The van der Waals surface area contributed by atoms with E-state index in [-0.39, 0.29) is 24.7 Å². The van der Waals surface area contributed by atoms with Crippen molar-refractivity contribution in [2.24, 2.45) is 0 Å². The van der Waals surface area contributed by atoms with Gasteiger partial charge in [-0.15, -0.1) is 6.58 Å². The van der Waals surface area contributed by atoms with Crippen LogP contribution in [-0.4, -0.2) is 23.3 Å². The second kappa shape index (κ2) is 7.12. The third-order valence-electron chi connectivity index (χ3n) is 5.20. The normalized spacial score (nSPS) is 18.7. The van der Waals surface area contributed by atoms with Gasteiger partial charge in [0.15, 0.2) is 11.4 Å². The van der Waals surface area contributed by atoms with Crippen molar-refractivity contribution in [2.45, 2.75) is 38.7 Å². The first-order chi connectivity index (χ1) is 12.8. The number of fused-ring (bicyclic) bond motifs is 1. The minimum atomic E-state index is -1.85. The molecule has 0 saturated carbocycles. The van der Waals surface area contributed by atoms with Gasteiger partial charge in [0, 0.05) is 17.7 Å². The average Bonchev–Trinajstić information content (AvgIpc) is 2.84. The number of para-hydroxylation sites is 1. The van der Waals surface area contributed by atoms with E-state index in [1.54, 1.807) is 24.3 Å². The van der Waals surface area contributed by atoms with Gasteiger partial charge in [-0.05, 0) is 36.1 Å². The molecule has 2 aromatic rings. The van der Waals surface area contributed by atoms with Crippen molar-refractivity contribution >= 4 is 17.4 Å². The van der Waals surface area contributed by atoms with Gasteiger partial charge in [0.2, 0.25) is 0 Å². The van der Waals surface area contributed by atoms with E-state index in [9.17, 15) is 14.7 Å². The lowest BCUT2D eigenvalue weighted by atomic mass is 9.86. The van der Waals surface area contributed by atoms with E-state index >= 15 is 0 Å². The number of rotatable bonds is 6. The number of aliphatic hydroxyl groups is 1. The molecule has 0 bridgehead atoms. The minimum absolute atomic E-state index is 0.235. The molecule has 0 aromatic heterocycles. The fourth-order valence-corrected chi connectivity index (χ4v) is 3.61. The number of ketones is 1. The smallest absolute Gasteiger partial charge is 0.264 e. The SMILES string of the molecule is C=CCN1C(=O)C(O)(CC(=O)c2cc(C(C)C)ccc2C)c2ccccc21. The number of benzene rings is 2. The molecule has 1 unspecified atom stereocenters. The fraction of sp³-hybridized carbons (Fsp3) is 0.304. The lowest BCUT2D eigenvalue weighted by Crippen LogP contribution is -2.42.